The summed E-state index contributed by atoms with van der Waals surface area (Å²) >= 11 is 5.99. The van der Waals surface area contributed by atoms with E-state index < -0.39 is 10.0 Å². The number of nitrogens with zero attached hydrogens (tertiary/aromatic N) is 4. The second kappa shape index (κ2) is 8.13. The van der Waals surface area contributed by atoms with Gasteiger partial charge in [0, 0.05) is 17.6 Å². The molecule has 0 fully saturated rings. The van der Waals surface area contributed by atoms with Crippen molar-refractivity contribution in [2.45, 2.75) is 11.8 Å². The fourth-order valence-corrected chi connectivity index (χ4v) is 4.28. The summed E-state index contributed by atoms with van der Waals surface area (Å²) in [5.41, 5.74) is 2.04. The summed E-state index contributed by atoms with van der Waals surface area (Å²) in [7, 11) is -3.78. The molecular weight excluding hydrogens is 424 g/mol. The molecule has 2 N–H and O–H groups in total. The van der Waals surface area contributed by atoms with Crippen LogP contribution in [0.5, 0.6) is 0 Å². The molecule has 0 radical (unpaired) electrons. The van der Waals surface area contributed by atoms with E-state index in [4.69, 9.17) is 11.6 Å². The highest BCUT2D eigenvalue weighted by atomic mass is 35.5. The van der Waals surface area contributed by atoms with E-state index in [1.54, 1.807) is 53.2 Å². The van der Waals surface area contributed by atoms with Crippen LogP contribution in [-0.2, 0) is 10.0 Å². The fourth-order valence-electron chi connectivity index (χ4n) is 2.70. The molecule has 0 amide bonds. The number of hydrogen-bond donors (Lipinski definition) is 2. The zero-order chi connectivity index (χ0) is 21.1. The molecule has 8 nitrogen and oxygen atoms in total. The highest BCUT2D eigenvalue weighted by Gasteiger charge is 2.17. The molecule has 0 spiro atoms. The number of sulfonamides is 1. The van der Waals surface area contributed by atoms with Crippen molar-refractivity contribution in [1.82, 2.24) is 20.0 Å². The van der Waals surface area contributed by atoms with Gasteiger partial charge in [-0.3, -0.25) is 4.72 Å². The Balaban J connectivity index is 1.44. The van der Waals surface area contributed by atoms with E-state index in [0.29, 0.717) is 17.3 Å². The lowest BCUT2D eigenvalue weighted by atomic mass is 10.3. The minimum Gasteiger partial charge on any atom is -0.339 e. The van der Waals surface area contributed by atoms with Crippen LogP contribution >= 0.6 is 11.6 Å². The Morgan fingerprint density at radius 1 is 0.900 bits per heavy atom. The van der Waals surface area contributed by atoms with Crippen molar-refractivity contribution in [1.29, 1.82) is 0 Å². The van der Waals surface area contributed by atoms with Gasteiger partial charge in [-0.05, 0) is 61.5 Å². The van der Waals surface area contributed by atoms with Gasteiger partial charge in [0.15, 0.2) is 11.6 Å². The number of aromatic nitrogens is 4. The summed E-state index contributed by atoms with van der Waals surface area (Å²) in [5, 5.41) is 15.9. The molecule has 0 aliphatic rings. The number of benzene rings is 2. The quantitative estimate of drug-likeness (QED) is 0.466. The van der Waals surface area contributed by atoms with Crippen LogP contribution in [0.3, 0.4) is 0 Å². The van der Waals surface area contributed by atoms with Crippen molar-refractivity contribution in [3.63, 3.8) is 0 Å². The van der Waals surface area contributed by atoms with Gasteiger partial charge < -0.3 is 5.32 Å². The molecule has 0 saturated carbocycles. The molecule has 2 aromatic carbocycles. The first-order valence-corrected chi connectivity index (χ1v) is 10.8. The van der Waals surface area contributed by atoms with E-state index >= 15 is 0 Å². The number of rotatable bonds is 6. The molecule has 2 heterocycles. The molecule has 0 atom stereocenters. The SMILES string of the molecule is Cc1ccn(-c2ccc(Nc3ccc(NS(=O)(=O)c4ccccc4Cl)cc3)nn2)n1. The predicted octanol–water partition coefficient (Wildman–Crippen LogP) is 4.17. The number of halogens is 1. The maximum atomic E-state index is 12.5. The van der Waals surface area contributed by atoms with Crippen LogP contribution in [0.2, 0.25) is 5.02 Å². The summed E-state index contributed by atoms with van der Waals surface area (Å²) in [6.45, 7) is 1.90. The summed E-state index contributed by atoms with van der Waals surface area (Å²) in [6.07, 6.45) is 1.81. The van der Waals surface area contributed by atoms with Gasteiger partial charge in [-0.15, -0.1) is 10.2 Å². The van der Waals surface area contributed by atoms with Gasteiger partial charge in [0.25, 0.3) is 10.0 Å². The molecule has 0 saturated heterocycles. The standard InChI is InChI=1S/C20H17ClN6O2S/c1-14-12-13-27(25-14)20-11-10-19(23-24-20)22-15-6-8-16(9-7-15)26-30(28,29)18-5-3-2-4-17(18)21/h2-13,26H,1H3,(H,22,23). The van der Waals surface area contributed by atoms with Crippen LogP contribution < -0.4 is 10.0 Å². The van der Waals surface area contributed by atoms with Crippen molar-refractivity contribution in [3.8, 4) is 5.82 Å². The van der Waals surface area contributed by atoms with E-state index in [2.05, 4.69) is 25.3 Å². The predicted molar refractivity (Wildman–Crippen MR) is 116 cm³/mol. The molecule has 152 valence electrons. The van der Waals surface area contributed by atoms with Crippen molar-refractivity contribution in [3.05, 3.63) is 83.6 Å². The third-order valence-electron chi connectivity index (χ3n) is 4.14. The number of aryl methyl sites for hydroxylation is 1. The van der Waals surface area contributed by atoms with Crippen LogP contribution in [0.1, 0.15) is 5.69 Å². The zero-order valence-electron chi connectivity index (χ0n) is 15.8. The Morgan fingerprint density at radius 3 is 2.27 bits per heavy atom. The molecular formula is C20H17ClN6O2S. The highest BCUT2D eigenvalue weighted by Crippen LogP contribution is 2.24. The smallest absolute Gasteiger partial charge is 0.263 e. The van der Waals surface area contributed by atoms with E-state index in [1.807, 2.05) is 19.2 Å². The van der Waals surface area contributed by atoms with Crippen LogP contribution in [0.25, 0.3) is 5.82 Å². The maximum absolute atomic E-state index is 12.5. The van der Waals surface area contributed by atoms with Crippen molar-refractivity contribution < 1.29 is 8.42 Å². The Kier molecular flexibility index (Phi) is 5.39. The molecule has 30 heavy (non-hydrogen) atoms. The maximum Gasteiger partial charge on any atom is 0.263 e. The van der Waals surface area contributed by atoms with E-state index in [0.717, 1.165) is 11.4 Å². The van der Waals surface area contributed by atoms with Crippen LogP contribution in [-0.4, -0.2) is 28.4 Å². The molecule has 0 unspecified atom stereocenters. The van der Waals surface area contributed by atoms with Gasteiger partial charge >= 0.3 is 0 Å². The fraction of sp³-hybridized carbons (Fsp3) is 0.0500. The second-order valence-electron chi connectivity index (χ2n) is 6.42. The Hall–Kier alpha value is -3.43. The lowest BCUT2D eigenvalue weighted by Crippen LogP contribution is -2.13. The third kappa shape index (κ3) is 4.42. The molecule has 10 heteroatoms. The first-order chi connectivity index (χ1) is 14.4. The van der Waals surface area contributed by atoms with E-state index in [-0.39, 0.29) is 9.92 Å². The van der Waals surface area contributed by atoms with Gasteiger partial charge in [0.2, 0.25) is 0 Å². The first-order valence-electron chi connectivity index (χ1n) is 8.91. The van der Waals surface area contributed by atoms with Crippen molar-refractivity contribution >= 4 is 38.8 Å². The number of anilines is 3. The summed E-state index contributed by atoms with van der Waals surface area (Å²) in [5.74, 6) is 1.16. The topological polar surface area (TPSA) is 102 Å². The number of nitrogens with one attached hydrogen (secondary N) is 2. The third-order valence-corrected chi connectivity index (χ3v) is 6.02. The zero-order valence-corrected chi connectivity index (χ0v) is 17.4. The summed E-state index contributed by atoms with van der Waals surface area (Å²) in [6, 6.07) is 18.5. The van der Waals surface area contributed by atoms with Crippen LogP contribution in [0.15, 0.2) is 77.8 Å². The molecule has 4 rings (SSSR count). The minimum absolute atomic E-state index is 0.0246. The van der Waals surface area contributed by atoms with Crippen LogP contribution in [0, 0.1) is 6.92 Å². The van der Waals surface area contributed by atoms with Crippen LogP contribution in [0.4, 0.5) is 17.2 Å². The Bertz CT molecular complexity index is 1270. The summed E-state index contributed by atoms with van der Waals surface area (Å²) < 4.78 is 29.2. The van der Waals surface area contributed by atoms with Gasteiger partial charge in [0.05, 0.1) is 10.7 Å². The monoisotopic (exact) mass is 440 g/mol. The Morgan fingerprint density at radius 2 is 1.63 bits per heavy atom. The highest BCUT2D eigenvalue weighted by molar-refractivity contribution is 7.92. The second-order valence-corrected chi connectivity index (χ2v) is 8.47. The molecule has 0 aliphatic heterocycles. The molecule has 0 bridgehead atoms. The van der Waals surface area contributed by atoms with Crippen molar-refractivity contribution in [2.75, 3.05) is 10.0 Å². The number of hydrogen-bond acceptors (Lipinski definition) is 6. The van der Waals surface area contributed by atoms with E-state index in [9.17, 15) is 8.42 Å². The first kappa shape index (κ1) is 19.9. The molecule has 4 aromatic rings. The molecule has 2 aromatic heterocycles. The Labute approximate surface area is 178 Å². The average molecular weight is 441 g/mol. The summed E-state index contributed by atoms with van der Waals surface area (Å²) in [4.78, 5) is 0.0246. The largest absolute Gasteiger partial charge is 0.339 e. The van der Waals surface area contributed by atoms with Gasteiger partial charge in [-0.1, -0.05) is 23.7 Å². The minimum atomic E-state index is -3.78. The van der Waals surface area contributed by atoms with Gasteiger partial charge in [-0.25, -0.2) is 13.1 Å². The average Bonchev–Trinajstić information content (AvgIpc) is 3.16. The normalized spacial score (nSPS) is 11.3. The van der Waals surface area contributed by atoms with E-state index in [1.165, 1.54) is 12.1 Å². The lowest BCUT2D eigenvalue weighted by Gasteiger charge is -2.10. The lowest BCUT2D eigenvalue weighted by molar-refractivity contribution is 0.601. The van der Waals surface area contributed by atoms with Gasteiger partial charge in [0.1, 0.15) is 4.90 Å². The van der Waals surface area contributed by atoms with Gasteiger partial charge in [-0.2, -0.15) is 5.10 Å². The van der Waals surface area contributed by atoms with Crippen molar-refractivity contribution in [2.24, 2.45) is 0 Å². The molecule has 0 aliphatic carbocycles.